The number of hydrogen-bond donors (Lipinski definition) is 1. The summed E-state index contributed by atoms with van der Waals surface area (Å²) in [5.41, 5.74) is 2.33. The first-order chi connectivity index (χ1) is 15.0. The zero-order chi connectivity index (χ0) is 21.8. The van der Waals surface area contributed by atoms with Gasteiger partial charge in [0.2, 0.25) is 11.8 Å². The predicted molar refractivity (Wildman–Crippen MR) is 112 cm³/mol. The minimum Gasteiger partial charge on any atom is -0.417 e. The molecule has 10 heteroatoms. The molecule has 1 aliphatic rings. The number of piperidine rings is 1. The summed E-state index contributed by atoms with van der Waals surface area (Å²) in [4.78, 5) is 31.3. The summed E-state index contributed by atoms with van der Waals surface area (Å²) in [5, 5.41) is 22.0. The SMILES string of the molecule is Cc1nnc(C(=O)N2CCCC(C(=O)NCc3nc(-c4ccc(C#N)cc4)cs3)C2)o1. The molecule has 2 amide bonds. The van der Waals surface area contributed by atoms with E-state index in [0.29, 0.717) is 37.5 Å². The average Bonchev–Trinajstić information content (AvgIpc) is 3.46. The Bertz CT molecular complexity index is 1130. The third-order valence-corrected chi connectivity index (χ3v) is 5.91. The number of likely N-dealkylation sites (tertiary alicyclic amines) is 1. The molecule has 2 aromatic heterocycles. The normalized spacial score (nSPS) is 16.0. The highest BCUT2D eigenvalue weighted by molar-refractivity contribution is 7.09. The summed E-state index contributed by atoms with van der Waals surface area (Å²) in [6, 6.07) is 9.31. The minimum atomic E-state index is -0.343. The lowest BCUT2D eigenvalue weighted by Gasteiger charge is -2.31. The first-order valence-electron chi connectivity index (χ1n) is 9.85. The van der Waals surface area contributed by atoms with E-state index in [1.807, 2.05) is 17.5 Å². The number of aryl methyl sites for hydroxylation is 1. The molecule has 1 aromatic carbocycles. The maximum Gasteiger partial charge on any atom is 0.311 e. The van der Waals surface area contributed by atoms with E-state index in [1.165, 1.54) is 11.3 Å². The van der Waals surface area contributed by atoms with E-state index >= 15 is 0 Å². The molecule has 4 rings (SSSR count). The van der Waals surface area contributed by atoms with Gasteiger partial charge in [-0.3, -0.25) is 9.59 Å². The van der Waals surface area contributed by atoms with Crippen molar-refractivity contribution in [3.63, 3.8) is 0 Å². The predicted octanol–water partition coefficient (Wildman–Crippen LogP) is 2.54. The number of amides is 2. The van der Waals surface area contributed by atoms with Crippen LogP contribution in [-0.4, -0.2) is 45.0 Å². The Morgan fingerprint density at radius 3 is 2.84 bits per heavy atom. The number of nitriles is 1. The van der Waals surface area contributed by atoms with Crippen molar-refractivity contribution in [1.29, 1.82) is 5.26 Å². The number of benzene rings is 1. The summed E-state index contributed by atoms with van der Waals surface area (Å²) in [6.45, 7) is 2.83. The van der Waals surface area contributed by atoms with Crippen LogP contribution in [0.25, 0.3) is 11.3 Å². The van der Waals surface area contributed by atoms with Crippen molar-refractivity contribution in [3.05, 3.63) is 52.0 Å². The van der Waals surface area contributed by atoms with Gasteiger partial charge in [0, 0.05) is 31.0 Å². The maximum atomic E-state index is 12.7. The highest BCUT2D eigenvalue weighted by atomic mass is 32.1. The number of nitrogens with zero attached hydrogens (tertiary/aromatic N) is 5. The molecule has 158 valence electrons. The second-order valence-electron chi connectivity index (χ2n) is 7.25. The van der Waals surface area contributed by atoms with Gasteiger partial charge >= 0.3 is 11.8 Å². The van der Waals surface area contributed by atoms with Gasteiger partial charge in [0.25, 0.3) is 0 Å². The van der Waals surface area contributed by atoms with Gasteiger partial charge in [-0.25, -0.2) is 4.98 Å². The Hall–Kier alpha value is -3.58. The molecule has 0 radical (unpaired) electrons. The lowest BCUT2D eigenvalue weighted by molar-refractivity contribution is -0.126. The average molecular weight is 436 g/mol. The van der Waals surface area contributed by atoms with Gasteiger partial charge in [-0.1, -0.05) is 12.1 Å². The lowest BCUT2D eigenvalue weighted by atomic mass is 9.97. The number of carbonyl (C=O) groups is 2. The monoisotopic (exact) mass is 436 g/mol. The minimum absolute atomic E-state index is 0.0447. The first-order valence-corrected chi connectivity index (χ1v) is 10.7. The van der Waals surface area contributed by atoms with Crippen molar-refractivity contribution in [2.45, 2.75) is 26.3 Å². The molecule has 31 heavy (non-hydrogen) atoms. The van der Waals surface area contributed by atoms with Crippen LogP contribution in [0, 0.1) is 24.2 Å². The van der Waals surface area contributed by atoms with Crippen molar-refractivity contribution in [2.24, 2.45) is 5.92 Å². The Balaban J connectivity index is 1.33. The maximum absolute atomic E-state index is 12.7. The Kier molecular flexibility index (Phi) is 6.04. The van der Waals surface area contributed by atoms with Crippen LogP contribution >= 0.6 is 11.3 Å². The number of hydrogen-bond acceptors (Lipinski definition) is 8. The molecule has 0 bridgehead atoms. The van der Waals surface area contributed by atoms with E-state index in [2.05, 4.69) is 26.6 Å². The molecular weight excluding hydrogens is 416 g/mol. The third kappa shape index (κ3) is 4.78. The second-order valence-corrected chi connectivity index (χ2v) is 8.19. The molecule has 1 aliphatic heterocycles. The molecule has 1 saturated heterocycles. The van der Waals surface area contributed by atoms with Gasteiger partial charge in [-0.05, 0) is 25.0 Å². The highest BCUT2D eigenvalue weighted by Gasteiger charge is 2.31. The molecule has 1 atom stereocenters. The van der Waals surface area contributed by atoms with Crippen LogP contribution in [0.1, 0.15) is 40.0 Å². The number of thiazole rings is 1. The molecular formula is C21H20N6O3S. The number of nitrogens with one attached hydrogen (secondary N) is 1. The smallest absolute Gasteiger partial charge is 0.311 e. The van der Waals surface area contributed by atoms with Crippen LogP contribution in [0.5, 0.6) is 0 Å². The van der Waals surface area contributed by atoms with Crippen molar-refractivity contribution >= 4 is 23.2 Å². The van der Waals surface area contributed by atoms with Crippen LogP contribution in [0.15, 0.2) is 34.1 Å². The van der Waals surface area contributed by atoms with Crippen LogP contribution in [-0.2, 0) is 11.3 Å². The molecule has 0 saturated carbocycles. The fourth-order valence-electron chi connectivity index (χ4n) is 3.44. The quantitative estimate of drug-likeness (QED) is 0.651. The topological polar surface area (TPSA) is 125 Å². The summed E-state index contributed by atoms with van der Waals surface area (Å²) < 4.78 is 5.21. The second kappa shape index (κ2) is 9.06. The largest absolute Gasteiger partial charge is 0.417 e. The van der Waals surface area contributed by atoms with Gasteiger partial charge in [-0.15, -0.1) is 21.5 Å². The molecule has 0 spiro atoms. The van der Waals surface area contributed by atoms with Gasteiger partial charge < -0.3 is 14.6 Å². The fraction of sp³-hybridized carbons (Fsp3) is 0.333. The molecule has 9 nitrogen and oxygen atoms in total. The fourth-order valence-corrected chi connectivity index (χ4v) is 4.18. The summed E-state index contributed by atoms with van der Waals surface area (Å²) in [6.07, 6.45) is 1.45. The number of rotatable bonds is 5. The summed E-state index contributed by atoms with van der Waals surface area (Å²) in [7, 11) is 0. The van der Waals surface area contributed by atoms with Crippen molar-refractivity contribution in [1.82, 2.24) is 25.4 Å². The van der Waals surface area contributed by atoms with Crippen LogP contribution in [0.3, 0.4) is 0 Å². The summed E-state index contributed by atoms with van der Waals surface area (Å²) in [5.74, 6) is -0.450. The molecule has 1 fully saturated rings. The van der Waals surface area contributed by atoms with Gasteiger partial charge in [0.15, 0.2) is 0 Å². The molecule has 0 aliphatic carbocycles. The molecule has 1 N–H and O–H groups in total. The zero-order valence-electron chi connectivity index (χ0n) is 16.9. The Morgan fingerprint density at radius 1 is 1.32 bits per heavy atom. The molecule has 3 aromatic rings. The van der Waals surface area contributed by atoms with Crippen molar-refractivity contribution < 1.29 is 14.0 Å². The van der Waals surface area contributed by atoms with Crippen molar-refractivity contribution in [3.8, 4) is 17.3 Å². The first kappa shape index (κ1) is 20.7. The van der Waals surface area contributed by atoms with Gasteiger partial charge in [0.1, 0.15) is 5.01 Å². The number of aromatic nitrogens is 3. The molecule has 1 unspecified atom stereocenters. The van der Waals surface area contributed by atoms with E-state index < -0.39 is 0 Å². The van der Waals surface area contributed by atoms with Crippen molar-refractivity contribution in [2.75, 3.05) is 13.1 Å². The molecule has 3 heterocycles. The Morgan fingerprint density at radius 2 is 2.13 bits per heavy atom. The summed E-state index contributed by atoms with van der Waals surface area (Å²) >= 11 is 1.47. The zero-order valence-corrected chi connectivity index (χ0v) is 17.7. The van der Waals surface area contributed by atoms with Gasteiger partial charge in [-0.2, -0.15) is 5.26 Å². The van der Waals surface area contributed by atoms with Crippen LogP contribution in [0.2, 0.25) is 0 Å². The van der Waals surface area contributed by atoms with E-state index in [0.717, 1.165) is 22.7 Å². The van der Waals surface area contributed by atoms with Crippen LogP contribution < -0.4 is 5.32 Å². The number of carbonyl (C=O) groups excluding carboxylic acids is 2. The highest BCUT2D eigenvalue weighted by Crippen LogP contribution is 2.23. The standard InChI is InChI=1S/C21H20N6O3S/c1-13-25-26-20(30-13)21(29)27-8-2-3-16(11-27)19(28)23-10-18-24-17(12-31-18)15-6-4-14(9-22)5-7-15/h4-7,12,16H,2-3,8,10-11H2,1H3,(H,23,28). The Labute approximate surface area is 182 Å². The van der Waals surface area contributed by atoms with Crippen LogP contribution in [0.4, 0.5) is 0 Å². The van der Waals surface area contributed by atoms with E-state index in [-0.39, 0.29) is 23.6 Å². The van der Waals surface area contributed by atoms with E-state index in [9.17, 15) is 9.59 Å². The van der Waals surface area contributed by atoms with E-state index in [4.69, 9.17) is 9.68 Å². The van der Waals surface area contributed by atoms with E-state index in [1.54, 1.807) is 24.0 Å². The third-order valence-electron chi connectivity index (χ3n) is 5.06. The van der Waals surface area contributed by atoms with Gasteiger partial charge in [0.05, 0.1) is 29.8 Å². The lowest BCUT2D eigenvalue weighted by Crippen LogP contribution is -2.45.